The molecule has 0 aromatic heterocycles. The van der Waals surface area contributed by atoms with E-state index < -0.39 is 6.03 Å². The van der Waals surface area contributed by atoms with Gasteiger partial charge in [0.05, 0.1) is 5.69 Å². The quantitative estimate of drug-likeness (QED) is 0.728. The number of urea groups is 1. The van der Waals surface area contributed by atoms with Gasteiger partial charge in [0, 0.05) is 5.56 Å². The molecule has 1 aromatic carbocycles. The Morgan fingerprint density at radius 3 is 2.56 bits per heavy atom. The molecule has 18 heavy (non-hydrogen) atoms. The molecule has 0 aliphatic rings. The Kier molecular flexibility index (Phi) is 4.02. The van der Waals surface area contributed by atoms with Crippen LogP contribution in [0.2, 0.25) is 0 Å². The predicted octanol–water partition coefficient (Wildman–Crippen LogP) is 2.46. The molecule has 0 aliphatic carbocycles. The summed E-state index contributed by atoms with van der Waals surface area (Å²) in [4.78, 5) is 10.9. The van der Waals surface area contributed by atoms with Gasteiger partial charge in [-0.3, -0.25) is 0 Å². The van der Waals surface area contributed by atoms with E-state index >= 15 is 0 Å². The van der Waals surface area contributed by atoms with Gasteiger partial charge in [-0.15, -0.1) is 6.42 Å². The van der Waals surface area contributed by atoms with Gasteiger partial charge < -0.3 is 11.1 Å². The lowest BCUT2D eigenvalue weighted by atomic mass is 9.86. The summed E-state index contributed by atoms with van der Waals surface area (Å²) < 4.78 is 0. The van der Waals surface area contributed by atoms with E-state index in [1.807, 2.05) is 12.1 Å². The van der Waals surface area contributed by atoms with Gasteiger partial charge >= 0.3 is 6.03 Å². The number of hydrogen-bond acceptors (Lipinski definition) is 1. The maximum Gasteiger partial charge on any atom is 0.316 e. The zero-order valence-corrected chi connectivity index (χ0v) is 10.8. The molecule has 0 aliphatic heterocycles. The largest absolute Gasteiger partial charge is 0.351 e. The van der Waals surface area contributed by atoms with Crippen LogP contribution in [-0.4, -0.2) is 6.03 Å². The minimum absolute atomic E-state index is 0.00216. The van der Waals surface area contributed by atoms with Crippen molar-refractivity contribution in [1.82, 2.24) is 0 Å². The lowest BCUT2D eigenvalue weighted by Crippen LogP contribution is -2.20. The van der Waals surface area contributed by atoms with Crippen LogP contribution in [0.3, 0.4) is 0 Å². The third kappa shape index (κ3) is 3.57. The number of rotatable bonds is 1. The van der Waals surface area contributed by atoms with Crippen molar-refractivity contribution in [1.29, 1.82) is 0 Å². The highest BCUT2D eigenvalue weighted by Crippen LogP contribution is 2.26. The second kappa shape index (κ2) is 5.29. The zero-order valence-electron chi connectivity index (χ0n) is 10.8. The molecule has 92 valence electrons. The highest BCUT2D eigenvalue weighted by Gasteiger charge is 2.15. The van der Waals surface area contributed by atoms with Crippen LogP contribution in [0.1, 0.15) is 31.9 Å². The van der Waals surface area contributed by atoms with Gasteiger partial charge in [-0.1, -0.05) is 32.8 Å². The van der Waals surface area contributed by atoms with E-state index in [1.54, 1.807) is 6.07 Å². The number of carbonyl (C=O) groups excluding carboxylic acids is 1. The molecule has 0 saturated heterocycles. The summed E-state index contributed by atoms with van der Waals surface area (Å²) in [5.74, 6) is 7.62. The number of primary amides is 1. The molecule has 0 spiro atoms. The van der Waals surface area contributed by atoms with Crippen LogP contribution in [0.5, 0.6) is 0 Å². The first-order chi connectivity index (χ1) is 8.34. The Balaban J connectivity index is 3.30. The summed E-state index contributed by atoms with van der Waals surface area (Å²) in [5.41, 5.74) is 7.45. The molecule has 3 nitrogen and oxygen atoms in total. The predicted molar refractivity (Wildman–Crippen MR) is 74.1 cm³/mol. The number of nitrogens with one attached hydrogen (secondary N) is 1. The monoisotopic (exact) mass is 240 g/mol. The summed E-state index contributed by atoms with van der Waals surface area (Å²) in [6.07, 6.45) is 5.12. The van der Waals surface area contributed by atoms with Crippen molar-refractivity contribution in [3.8, 4) is 24.2 Å². The van der Waals surface area contributed by atoms with Crippen LogP contribution < -0.4 is 11.1 Å². The number of hydrogen-bond donors (Lipinski definition) is 2. The molecule has 0 atom stereocenters. The number of amides is 2. The molecule has 0 bridgehead atoms. The number of nitrogens with two attached hydrogens (primary N) is 1. The minimum atomic E-state index is -0.623. The summed E-state index contributed by atoms with van der Waals surface area (Å²) in [7, 11) is 0. The average Bonchev–Trinajstić information content (AvgIpc) is 2.25. The van der Waals surface area contributed by atoms with E-state index in [2.05, 4.69) is 43.8 Å². The fourth-order valence-corrected chi connectivity index (χ4v) is 1.46. The van der Waals surface area contributed by atoms with Crippen LogP contribution in [-0.2, 0) is 5.41 Å². The Morgan fingerprint density at radius 2 is 2.06 bits per heavy atom. The Labute approximate surface area is 108 Å². The lowest BCUT2D eigenvalue weighted by Gasteiger charge is -2.20. The van der Waals surface area contributed by atoms with Crippen LogP contribution in [0.4, 0.5) is 10.5 Å². The molecule has 2 amide bonds. The molecule has 3 heteroatoms. The molecule has 0 radical (unpaired) electrons. The maximum atomic E-state index is 10.9. The molecular weight excluding hydrogens is 224 g/mol. The molecule has 0 saturated carbocycles. The van der Waals surface area contributed by atoms with Gasteiger partial charge in [-0.05, 0) is 35.0 Å². The standard InChI is InChI=1S/C15H16N2O/c1-5-6-7-11-10-12(15(2,3)4)8-9-13(11)17-14(16)18/h1,8-10H,2-4H3,(H3,16,17,18). The van der Waals surface area contributed by atoms with Gasteiger partial charge in [0.2, 0.25) is 0 Å². The van der Waals surface area contributed by atoms with Crippen LogP contribution in [0, 0.1) is 24.2 Å². The number of terminal acetylenes is 1. The SMILES string of the molecule is C#CC#Cc1cc(C(C)(C)C)ccc1NC(N)=O. The van der Waals surface area contributed by atoms with Crippen LogP contribution in [0.15, 0.2) is 18.2 Å². The van der Waals surface area contributed by atoms with Crippen molar-refractivity contribution in [3.63, 3.8) is 0 Å². The van der Waals surface area contributed by atoms with E-state index in [4.69, 9.17) is 12.2 Å². The molecular formula is C15H16N2O. The molecule has 3 N–H and O–H groups in total. The second-order valence-corrected chi connectivity index (χ2v) is 4.89. The highest BCUT2D eigenvalue weighted by molar-refractivity contribution is 5.89. The first-order valence-electron chi connectivity index (χ1n) is 5.52. The summed E-state index contributed by atoms with van der Waals surface area (Å²) in [5, 5.41) is 2.53. The topological polar surface area (TPSA) is 55.1 Å². The van der Waals surface area contributed by atoms with E-state index in [0.29, 0.717) is 11.3 Å². The second-order valence-electron chi connectivity index (χ2n) is 4.89. The number of anilines is 1. The third-order valence-corrected chi connectivity index (χ3v) is 2.41. The summed E-state index contributed by atoms with van der Waals surface area (Å²) >= 11 is 0. The molecule has 0 fully saturated rings. The van der Waals surface area contributed by atoms with Crippen molar-refractivity contribution in [2.24, 2.45) is 5.73 Å². The Morgan fingerprint density at radius 1 is 1.39 bits per heavy atom. The first kappa shape index (κ1) is 13.7. The lowest BCUT2D eigenvalue weighted by molar-refractivity contribution is 0.259. The smallest absolute Gasteiger partial charge is 0.316 e. The Bertz CT molecular complexity index is 563. The van der Waals surface area contributed by atoms with Crippen LogP contribution in [0.25, 0.3) is 0 Å². The van der Waals surface area contributed by atoms with Gasteiger partial charge in [-0.25, -0.2) is 4.79 Å². The minimum Gasteiger partial charge on any atom is -0.351 e. The maximum absolute atomic E-state index is 10.9. The fourth-order valence-electron chi connectivity index (χ4n) is 1.46. The number of carbonyl (C=O) groups is 1. The fraction of sp³-hybridized carbons (Fsp3) is 0.267. The highest BCUT2D eigenvalue weighted by atomic mass is 16.2. The molecule has 1 aromatic rings. The van der Waals surface area contributed by atoms with E-state index in [0.717, 1.165) is 5.56 Å². The Hall–Kier alpha value is -2.39. The third-order valence-electron chi connectivity index (χ3n) is 2.41. The number of benzene rings is 1. The van der Waals surface area contributed by atoms with Crippen LogP contribution >= 0.6 is 0 Å². The zero-order chi connectivity index (χ0) is 13.8. The normalized spacial score (nSPS) is 9.89. The van der Waals surface area contributed by atoms with Gasteiger partial charge in [0.1, 0.15) is 0 Å². The summed E-state index contributed by atoms with van der Waals surface area (Å²) in [6, 6.07) is 5.01. The van der Waals surface area contributed by atoms with E-state index in [-0.39, 0.29) is 5.41 Å². The molecule has 0 unspecified atom stereocenters. The first-order valence-corrected chi connectivity index (χ1v) is 5.52. The van der Waals surface area contributed by atoms with Crippen molar-refractivity contribution in [3.05, 3.63) is 29.3 Å². The van der Waals surface area contributed by atoms with Crippen molar-refractivity contribution in [2.75, 3.05) is 5.32 Å². The van der Waals surface area contributed by atoms with Gasteiger partial charge in [0.15, 0.2) is 0 Å². The summed E-state index contributed by atoms with van der Waals surface area (Å²) in [6.45, 7) is 6.30. The van der Waals surface area contributed by atoms with Crippen molar-refractivity contribution >= 4 is 11.7 Å². The van der Waals surface area contributed by atoms with E-state index in [9.17, 15) is 4.79 Å². The molecule has 0 heterocycles. The molecule has 1 rings (SSSR count). The van der Waals surface area contributed by atoms with Gasteiger partial charge in [0.25, 0.3) is 0 Å². The van der Waals surface area contributed by atoms with Crippen molar-refractivity contribution < 1.29 is 4.79 Å². The van der Waals surface area contributed by atoms with Gasteiger partial charge in [-0.2, -0.15) is 0 Å². The van der Waals surface area contributed by atoms with E-state index in [1.165, 1.54) is 0 Å². The van der Waals surface area contributed by atoms with Crippen molar-refractivity contribution in [2.45, 2.75) is 26.2 Å². The average molecular weight is 240 g/mol.